The molecule has 1 saturated heterocycles. The standard InChI is InChI=1S/C16H23FN6O7P/c1-6(2)29-15(26)7(3)22-31(27)28-4-8-10(24)11(25)14(30-8)23-5-19-9-12(18)20-16(17)21-13(9)23/h5-8,10-11,14,24-25H,4H2,1-3H3,(H,22,27)(H2,18,20,21)/q+1. The quantitative estimate of drug-likeness (QED) is 0.230. The third kappa shape index (κ3) is 5.11. The zero-order chi connectivity index (χ0) is 22.9. The van der Waals surface area contributed by atoms with Crippen molar-refractivity contribution in [1.82, 2.24) is 24.6 Å². The lowest BCUT2D eigenvalue weighted by molar-refractivity contribution is -0.149. The molecule has 0 amide bonds. The summed E-state index contributed by atoms with van der Waals surface area (Å²) in [7, 11) is -2.50. The zero-order valence-corrected chi connectivity index (χ0v) is 17.8. The largest absolute Gasteiger partial charge is 0.613 e. The number of esters is 1. The fourth-order valence-corrected chi connectivity index (χ4v) is 3.70. The first-order valence-corrected chi connectivity index (χ1v) is 10.5. The number of nitrogen functional groups attached to an aromatic ring is 1. The third-order valence-electron chi connectivity index (χ3n) is 4.39. The Bertz CT molecular complexity index is 975. The molecule has 15 heteroatoms. The summed E-state index contributed by atoms with van der Waals surface area (Å²) in [4.78, 5) is 22.7. The van der Waals surface area contributed by atoms with Crippen LogP contribution in [0.1, 0.15) is 27.0 Å². The van der Waals surface area contributed by atoms with Crippen LogP contribution in [0.15, 0.2) is 6.33 Å². The summed E-state index contributed by atoms with van der Waals surface area (Å²) in [6.45, 7) is 4.44. The van der Waals surface area contributed by atoms with E-state index >= 15 is 0 Å². The van der Waals surface area contributed by atoms with Gasteiger partial charge >= 0.3 is 20.2 Å². The number of ether oxygens (including phenoxy) is 2. The van der Waals surface area contributed by atoms with Gasteiger partial charge < -0.3 is 25.4 Å². The predicted molar refractivity (Wildman–Crippen MR) is 103 cm³/mol. The number of nitrogens with one attached hydrogen (secondary N) is 1. The summed E-state index contributed by atoms with van der Waals surface area (Å²) in [6, 6.07) is -0.892. The van der Waals surface area contributed by atoms with E-state index in [1.54, 1.807) is 13.8 Å². The van der Waals surface area contributed by atoms with E-state index in [1.165, 1.54) is 17.8 Å². The van der Waals surface area contributed by atoms with Crippen molar-refractivity contribution in [2.75, 3.05) is 12.3 Å². The maximum absolute atomic E-state index is 13.5. The van der Waals surface area contributed by atoms with E-state index < -0.39 is 50.8 Å². The van der Waals surface area contributed by atoms with E-state index in [1.807, 2.05) is 0 Å². The van der Waals surface area contributed by atoms with Gasteiger partial charge in [-0.3, -0.25) is 9.36 Å². The molecule has 0 saturated carbocycles. The Morgan fingerprint density at radius 2 is 2.10 bits per heavy atom. The Morgan fingerprint density at radius 3 is 2.77 bits per heavy atom. The van der Waals surface area contributed by atoms with Crippen molar-refractivity contribution in [2.24, 2.45) is 0 Å². The Morgan fingerprint density at radius 1 is 1.39 bits per heavy atom. The van der Waals surface area contributed by atoms with E-state index in [4.69, 9.17) is 19.7 Å². The van der Waals surface area contributed by atoms with Crippen LogP contribution in [0.5, 0.6) is 0 Å². The molecule has 1 fully saturated rings. The molecule has 0 aromatic carbocycles. The van der Waals surface area contributed by atoms with Crippen LogP contribution >= 0.6 is 8.18 Å². The van der Waals surface area contributed by atoms with Gasteiger partial charge in [0, 0.05) is 0 Å². The number of carbonyl (C=O) groups is 1. The Labute approximate surface area is 176 Å². The lowest BCUT2D eigenvalue weighted by atomic mass is 10.1. The van der Waals surface area contributed by atoms with E-state index in [9.17, 15) is 24.0 Å². The van der Waals surface area contributed by atoms with Crippen molar-refractivity contribution in [1.29, 1.82) is 0 Å². The molecule has 31 heavy (non-hydrogen) atoms. The van der Waals surface area contributed by atoms with Gasteiger partial charge in [-0.1, -0.05) is 5.09 Å². The lowest BCUT2D eigenvalue weighted by Gasteiger charge is -2.16. The number of nitrogens with zero attached hydrogens (tertiary/aromatic N) is 4. The maximum atomic E-state index is 13.5. The fraction of sp³-hybridized carbons (Fsp3) is 0.625. The van der Waals surface area contributed by atoms with Crippen LogP contribution < -0.4 is 10.8 Å². The molecule has 0 bridgehead atoms. The number of fused-ring (bicyclic) bond motifs is 1. The Kier molecular flexibility index (Phi) is 7.09. The molecule has 5 N–H and O–H groups in total. The van der Waals surface area contributed by atoms with Gasteiger partial charge in [-0.05, 0) is 25.3 Å². The van der Waals surface area contributed by atoms with Crippen LogP contribution in [0.2, 0.25) is 0 Å². The third-order valence-corrected chi connectivity index (χ3v) is 5.37. The topological polar surface area (TPSA) is 184 Å². The minimum Gasteiger partial charge on any atom is -0.462 e. The van der Waals surface area contributed by atoms with Gasteiger partial charge in [-0.2, -0.15) is 14.4 Å². The second kappa shape index (κ2) is 9.42. The number of aromatic nitrogens is 4. The minimum atomic E-state index is -2.50. The molecule has 3 heterocycles. The van der Waals surface area contributed by atoms with Crippen molar-refractivity contribution in [2.45, 2.75) is 57.5 Å². The van der Waals surface area contributed by atoms with Crippen LogP contribution in [0.4, 0.5) is 10.2 Å². The van der Waals surface area contributed by atoms with E-state index in [2.05, 4.69) is 20.0 Å². The summed E-state index contributed by atoms with van der Waals surface area (Å²) in [5, 5.41) is 23.1. The molecular weight excluding hydrogens is 438 g/mol. The summed E-state index contributed by atoms with van der Waals surface area (Å²) < 4.78 is 42.5. The molecule has 2 aromatic rings. The molecule has 6 unspecified atom stereocenters. The molecule has 0 aliphatic carbocycles. The van der Waals surface area contributed by atoms with Crippen molar-refractivity contribution >= 4 is 31.1 Å². The van der Waals surface area contributed by atoms with Crippen LogP contribution in [-0.2, 0) is 23.4 Å². The summed E-state index contributed by atoms with van der Waals surface area (Å²) in [6.07, 6.45) is -5.34. The van der Waals surface area contributed by atoms with Gasteiger partial charge in [-0.25, -0.2) is 4.98 Å². The zero-order valence-electron chi connectivity index (χ0n) is 16.9. The van der Waals surface area contributed by atoms with Gasteiger partial charge in [0.05, 0.1) is 12.4 Å². The summed E-state index contributed by atoms with van der Waals surface area (Å²) in [5.74, 6) is -0.794. The highest BCUT2D eigenvalue weighted by molar-refractivity contribution is 7.36. The number of nitrogens with two attached hydrogens (primary N) is 1. The minimum absolute atomic E-state index is 0.0342. The monoisotopic (exact) mass is 461 g/mol. The summed E-state index contributed by atoms with van der Waals surface area (Å²) >= 11 is 0. The van der Waals surface area contributed by atoms with E-state index in [0.29, 0.717) is 0 Å². The van der Waals surface area contributed by atoms with Gasteiger partial charge in [0.15, 0.2) is 23.2 Å². The number of hydrogen-bond acceptors (Lipinski definition) is 11. The van der Waals surface area contributed by atoms with Gasteiger partial charge in [0.25, 0.3) is 0 Å². The number of rotatable bonds is 8. The SMILES string of the molecule is CC(C)OC(=O)C(C)N[P+](=O)OCC1OC(n2cnc3c(N)nc(F)nc32)C(O)C1O. The molecule has 0 radical (unpaired) electrons. The average Bonchev–Trinajstić information content (AvgIpc) is 3.21. The van der Waals surface area contributed by atoms with Crippen molar-refractivity contribution in [3.8, 4) is 0 Å². The molecule has 0 spiro atoms. The molecule has 1 aliphatic heterocycles. The number of anilines is 1. The van der Waals surface area contributed by atoms with Crippen molar-refractivity contribution in [3.63, 3.8) is 0 Å². The number of hydrogen-bond donors (Lipinski definition) is 4. The number of imidazole rings is 1. The van der Waals surface area contributed by atoms with Crippen LogP contribution in [0, 0.1) is 6.08 Å². The Balaban J connectivity index is 1.63. The van der Waals surface area contributed by atoms with E-state index in [-0.39, 0.29) is 29.7 Å². The fourth-order valence-electron chi connectivity index (χ4n) is 2.92. The van der Waals surface area contributed by atoms with Gasteiger partial charge in [-0.15, -0.1) is 4.52 Å². The molecule has 170 valence electrons. The molecule has 6 atom stereocenters. The maximum Gasteiger partial charge on any atom is 0.613 e. The van der Waals surface area contributed by atoms with E-state index in [0.717, 1.165) is 0 Å². The Hall–Kier alpha value is -2.35. The van der Waals surface area contributed by atoms with Crippen molar-refractivity contribution in [3.05, 3.63) is 12.4 Å². The predicted octanol–water partition coefficient (Wildman–Crippen LogP) is -0.229. The van der Waals surface area contributed by atoms with Crippen LogP contribution in [0.25, 0.3) is 11.2 Å². The molecule has 3 rings (SSSR count). The van der Waals surface area contributed by atoms with Crippen LogP contribution in [0.3, 0.4) is 0 Å². The molecule has 13 nitrogen and oxygen atoms in total. The van der Waals surface area contributed by atoms with Gasteiger partial charge in [0.2, 0.25) is 0 Å². The second-order valence-corrected chi connectivity index (χ2v) is 8.17. The first-order valence-electron chi connectivity index (χ1n) is 9.32. The molecular formula is C16H23FN6O7P+. The smallest absolute Gasteiger partial charge is 0.462 e. The highest BCUT2D eigenvalue weighted by Gasteiger charge is 2.46. The number of aliphatic hydroxyl groups excluding tert-OH is 2. The second-order valence-electron chi connectivity index (χ2n) is 7.14. The number of halogens is 1. The number of aliphatic hydroxyl groups is 2. The highest BCUT2D eigenvalue weighted by Crippen LogP contribution is 2.33. The van der Waals surface area contributed by atoms with Gasteiger partial charge in [0.1, 0.15) is 31.0 Å². The summed E-state index contributed by atoms with van der Waals surface area (Å²) in [5.41, 5.74) is 5.68. The van der Waals surface area contributed by atoms with Crippen LogP contribution in [-0.4, -0.2) is 72.8 Å². The number of carbonyl (C=O) groups excluding carboxylic acids is 1. The first kappa shape index (κ1) is 23.3. The average molecular weight is 461 g/mol. The first-order chi connectivity index (χ1) is 14.6. The normalized spacial score (nSPS) is 25.2. The molecule has 2 aromatic heterocycles. The highest BCUT2D eigenvalue weighted by atomic mass is 31.1. The molecule has 1 aliphatic rings. The van der Waals surface area contributed by atoms with Crippen molar-refractivity contribution < 1.29 is 38.0 Å². The lowest BCUT2D eigenvalue weighted by Crippen LogP contribution is -2.35.